The Hall–Kier alpha value is -4.19. The van der Waals surface area contributed by atoms with Crippen LogP contribution >= 0.6 is 0 Å². The van der Waals surface area contributed by atoms with Gasteiger partial charge in [-0.3, -0.25) is 9.69 Å². The molecule has 1 aliphatic heterocycles. The minimum Gasteiger partial charge on any atom is -0.342 e. The lowest BCUT2D eigenvalue weighted by molar-refractivity contribution is -0.123. The summed E-state index contributed by atoms with van der Waals surface area (Å²) >= 11 is 0. The van der Waals surface area contributed by atoms with Crippen molar-refractivity contribution in [1.82, 2.24) is 14.8 Å². The van der Waals surface area contributed by atoms with Crippen LogP contribution in [0.15, 0.2) is 84.7 Å². The number of aryl methyl sites for hydroxylation is 1. The molecule has 4 aromatic rings. The van der Waals surface area contributed by atoms with E-state index in [4.69, 9.17) is 0 Å². The Morgan fingerprint density at radius 2 is 1.64 bits per heavy atom. The lowest BCUT2D eigenvalue weighted by Gasteiger charge is -2.12. The summed E-state index contributed by atoms with van der Waals surface area (Å²) in [6, 6.07) is 21.9. The summed E-state index contributed by atoms with van der Waals surface area (Å²) < 4.78 is 16.2. The van der Waals surface area contributed by atoms with Gasteiger partial charge in [0.05, 0.1) is 6.54 Å². The number of nitrogens with one attached hydrogen (secondary N) is 1. The second kappa shape index (κ2) is 8.39. The molecule has 3 aromatic carbocycles. The van der Waals surface area contributed by atoms with Crippen molar-refractivity contribution >= 4 is 28.9 Å². The maximum atomic E-state index is 14.0. The van der Waals surface area contributed by atoms with Crippen LogP contribution in [-0.2, 0) is 17.9 Å². The molecule has 0 aliphatic carbocycles. The number of nitrogens with zero attached hydrogens (tertiary/aromatic N) is 2. The second-order valence-corrected chi connectivity index (χ2v) is 8.19. The SMILES string of the molecule is Cc1ccc(Cn2cc(/C=C3/NC(=O)N(Cc4ccccc4F)C3=O)c3ccccc32)cc1. The minimum atomic E-state index is -0.558. The topological polar surface area (TPSA) is 54.3 Å². The zero-order chi connectivity index (χ0) is 22.9. The van der Waals surface area contributed by atoms with E-state index in [-0.39, 0.29) is 17.8 Å². The number of para-hydroxylation sites is 1. The summed E-state index contributed by atoms with van der Waals surface area (Å²) in [5.41, 5.74) is 4.70. The molecule has 0 saturated carbocycles. The van der Waals surface area contributed by atoms with Gasteiger partial charge in [0, 0.05) is 34.8 Å². The van der Waals surface area contributed by atoms with E-state index in [1.54, 1.807) is 24.3 Å². The second-order valence-electron chi connectivity index (χ2n) is 8.19. The number of imide groups is 1. The zero-order valence-electron chi connectivity index (χ0n) is 18.1. The number of carbonyl (C=O) groups is 2. The number of aromatic nitrogens is 1. The van der Waals surface area contributed by atoms with E-state index in [2.05, 4.69) is 41.1 Å². The lowest BCUT2D eigenvalue weighted by atomic mass is 10.1. The fourth-order valence-electron chi connectivity index (χ4n) is 4.08. The number of hydrogen-bond donors (Lipinski definition) is 1. The molecule has 0 atom stereocenters. The Morgan fingerprint density at radius 3 is 2.42 bits per heavy atom. The summed E-state index contributed by atoms with van der Waals surface area (Å²) in [5, 5.41) is 3.62. The predicted octanol–water partition coefficient (Wildman–Crippen LogP) is 5.23. The molecule has 164 valence electrons. The minimum absolute atomic E-state index is 0.121. The van der Waals surface area contributed by atoms with E-state index in [0.717, 1.165) is 21.4 Å². The largest absolute Gasteiger partial charge is 0.342 e. The van der Waals surface area contributed by atoms with Gasteiger partial charge in [0.1, 0.15) is 11.5 Å². The molecule has 5 nitrogen and oxygen atoms in total. The first-order valence-electron chi connectivity index (χ1n) is 10.7. The molecular weight excluding hydrogens is 417 g/mol. The highest BCUT2D eigenvalue weighted by Crippen LogP contribution is 2.26. The van der Waals surface area contributed by atoms with E-state index in [1.807, 2.05) is 30.5 Å². The molecule has 0 unspecified atom stereocenters. The number of rotatable bonds is 5. The number of hydrogen-bond acceptors (Lipinski definition) is 2. The van der Waals surface area contributed by atoms with Crippen molar-refractivity contribution in [2.45, 2.75) is 20.0 Å². The monoisotopic (exact) mass is 439 g/mol. The molecule has 0 bridgehead atoms. The van der Waals surface area contributed by atoms with Crippen molar-refractivity contribution in [2.75, 3.05) is 0 Å². The Balaban J connectivity index is 1.46. The molecule has 1 N–H and O–H groups in total. The van der Waals surface area contributed by atoms with Crippen molar-refractivity contribution in [1.29, 1.82) is 0 Å². The number of amides is 3. The molecular formula is C27H22FN3O2. The van der Waals surface area contributed by atoms with E-state index < -0.39 is 17.8 Å². The van der Waals surface area contributed by atoms with Crippen LogP contribution in [0.3, 0.4) is 0 Å². The lowest BCUT2D eigenvalue weighted by Crippen LogP contribution is -2.30. The highest BCUT2D eigenvalue weighted by molar-refractivity contribution is 6.14. The van der Waals surface area contributed by atoms with Gasteiger partial charge in [0.15, 0.2) is 0 Å². The molecule has 3 amide bonds. The van der Waals surface area contributed by atoms with Crippen molar-refractivity contribution < 1.29 is 14.0 Å². The maximum absolute atomic E-state index is 14.0. The third kappa shape index (κ3) is 4.03. The molecule has 6 heteroatoms. The average Bonchev–Trinajstić information content (AvgIpc) is 3.29. The molecule has 1 fully saturated rings. The Kier molecular flexibility index (Phi) is 5.26. The van der Waals surface area contributed by atoms with Crippen molar-refractivity contribution in [3.05, 3.63) is 113 Å². The third-order valence-corrected chi connectivity index (χ3v) is 5.84. The quantitative estimate of drug-likeness (QED) is 0.342. The molecule has 0 radical (unpaired) electrons. The highest BCUT2D eigenvalue weighted by atomic mass is 19.1. The zero-order valence-corrected chi connectivity index (χ0v) is 18.1. The Morgan fingerprint density at radius 1 is 0.909 bits per heavy atom. The van der Waals surface area contributed by atoms with Crippen LogP contribution < -0.4 is 5.32 Å². The van der Waals surface area contributed by atoms with Crippen LogP contribution in [0, 0.1) is 12.7 Å². The molecule has 2 heterocycles. The Bertz CT molecular complexity index is 1400. The fraction of sp³-hybridized carbons (Fsp3) is 0.111. The van der Waals surface area contributed by atoms with E-state index >= 15 is 0 Å². The van der Waals surface area contributed by atoms with Gasteiger partial charge < -0.3 is 9.88 Å². The van der Waals surface area contributed by atoms with Crippen molar-refractivity contribution in [3.8, 4) is 0 Å². The fourth-order valence-corrected chi connectivity index (χ4v) is 4.08. The van der Waals surface area contributed by atoms with Crippen LogP contribution in [0.25, 0.3) is 17.0 Å². The van der Waals surface area contributed by atoms with Gasteiger partial charge in [-0.25, -0.2) is 9.18 Å². The third-order valence-electron chi connectivity index (χ3n) is 5.84. The van der Waals surface area contributed by atoms with Crippen LogP contribution in [-0.4, -0.2) is 21.4 Å². The molecule has 5 rings (SSSR count). The number of halogens is 1. The van der Waals surface area contributed by atoms with Gasteiger partial charge in [-0.2, -0.15) is 0 Å². The smallest absolute Gasteiger partial charge is 0.329 e. The van der Waals surface area contributed by atoms with Crippen LogP contribution in [0.1, 0.15) is 22.3 Å². The molecule has 1 aliphatic rings. The number of benzene rings is 3. The molecule has 1 saturated heterocycles. The van der Waals surface area contributed by atoms with Crippen LogP contribution in [0.2, 0.25) is 0 Å². The molecule has 1 aromatic heterocycles. The summed E-state index contributed by atoms with van der Waals surface area (Å²) in [7, 11) is 0. The number of fused-ring (bicyclic) bond motifs is 1. The van der Waals surface area contributed by atoms with Gasteiger partial charge >= 0.3 is 6.03 Å². The van der Waals surface area contributed by atoms with E-state index in [9.17, 15) is 14.0 Å². The average molecular weight is 439 g/mol. The summed E-state index contributed by atoms with van der Waals surface area (Å²) in [6.45, 7) is 2.62. The predicted molar refractivity (Wildman–Crippen MR) is 126 cm³/mol. The van der Waals surface area contributed by atoms with E-state index in [0.29, 0.717) is 6.54 Å². The number of carbonyl (C=O) groups excluding carboxylic acids is 2. The Labute approximate surface area is 190 Å². The van der Waals surface area contributed by atoms with Gasteiger partial charge in [0.2, 0.25) is 0 Å². The highest BCUT2D eigenvalue weighted by Gasteiger charge is 2.34. The summed E-state index contributed by atoms with van der Waals surface area (Å²) in [6.07, 6.45) is 3.67. The van der Waals surface area contributed by atoms with Crippen molar-refractivity contribution in [2.24, 2.45) is 0 Å². The molecule has 0 spiro atoms. The van der Waals surface area contributed by atoms with Crippen molar-refractivity contribution in [3.63, 3.8) is 0 Å². The molecule has 33 heavy (non-hydrogen) atoms. The normalized spacial score (nSPS) is 15.0. The summed E-state index contributed by atoms with van der Waals surface area (Å²) in [5.74, 6) is -0.923. The first kappa shape index (κ1) is 20.7. The number of urea groups is 1. The van der Waals surface area contributed by atoms with Gasteiger partial charge in [-0.15, -0.1) is 0 Å². The first-order valence-corrected chi connectivity index (χ1v) is 10.7. The van der Waals surface area contributed by atoms with Gasteiger partial charge in [0.25, 0.3) is 5.91 Å². The van der Waals surface area contributed by atoms with E-state index in [1.165, 1.54) is 17.2 Å². The van der Waals surface area contributed by atoms with Gasteiger partial charge in [-0.05, 0) is 30.7 Å². The first-order chi connectivity index (χ1) is 16.0. The van der Waals surface area contributed by atoms with Crippen LogP contribution in [0.4, 0.5) is 9.18 Å². The standard InChI is InChI=1S/C27H22FN3O2/c1-18-10-12-19(13-11-18)15-30-16-21(22-7-3-5-9-25(22)30)14-24-26(32)31(27(33)29-24)17-20-6-2-4-8-23(20)28/h2-14,16H,15,17H2,1H3,(H,29,33)/b24-14+. The summed E-state index contributed by atoms with van der Waals surface area (Å²) in [4.78, 5) is 26.4. The van der Waals surface area contributed by atoms with Crippen LogP contribution in [0.5, 0.6) is 0 Å². The van der Waals surface area contributed by atoms with Gasteiger partial charge in [-0.1, -0.05) is 66.2 Å². The maximum Gasteiger partial charge on any atom is 0.329 e.